The molecule has 0 bridgehead atoms. The monoisotopic (exact) mass is 373 g/mol. The predicted molar refractivity (Wildman–Crippen MR) is 105 cm³/mol. The summed E-state index contributed by atoms with van der Waals surface area (Å²) in [5, 5.41) is 4.35. The van der Waals surface area contributed by atoms with Gasteiger partial charge in [-0.2, -0.15) is 0 Å². The quantitative estimate of drug-likeness (QED) is 0.683. The molecule has 25 heavy (non-hydrogen) atoms. The van der Waals surface area contributed by atoms with Crippen LogP contribution in [0.1, 0.15) is 34.8 Å². The van der Waals surface area contributed by atoms with E-state index in [1.54, 1.807) is 6.07 Å². The highest BCUT2D eigenvalue weighted by molar-refractivity contribution is 7.21. The number of fused-ring (bicyclic) bond motifs is 1. The minimum absolute atomic E-state index is 0.203. The first-order valence-electron chi connectivity index (χ1n) is 8.15. The van der Waals surface area contributed by atoms with Crippen molar-refractivity contribution in [2.75, 3.05) is 5.73 Å². The van der Waals surface area contributed by atoms with Crippen molar-refractivity contribution in [3.8, 4) is 0 Å². The Kier molecular flexibility index (Phi) is 5.25. The van der Waals surface area contributed by atoms with E-state index in [0.29, 0.717) is 28.0 Å². The summed E-state index contributed by atoms with van der Waals surface area (Å²) in [6.45, 7) is 4.67. The number of hydrogen-bond acceptors (Lipinski definition) is 4. The van der Waals surface area contributed by atoms with Crippen LogP contribution in [-0.4, -0.2) is 10.9 Å². The first-order valence-corrected chi connectivity index (χ1v) is 9.34. The van der Waals surface area contributed by atoms with Gasteiger partial charge in [0, 0.05) is 22.6 Å². The summed E-state index contributed by atoms with van der Waals surface area (Å²) in [5.74, 6) is 0.325. The van der Waals surface area contributed by atoms with E-state index in [-0.39, 0.29) is 5.91 Å². The summed E-state index contributed by atoms with van der Waals surface area (Å²) in [6, 6.07) is 11.4. The normalized spacial score (nSPS) is 11.2. The number of aromatic nitrogens is 1. The van der Waals surface area contributed by atoms with Crippen molar-refractivity contribution in [2.24, 2.45) is 5.92 Å². The number of nitrogens with zero attached hydrogens (tertiary/aromatic N) is 1. The Hall–Kier alpha value is -2.11. The number of thiophene rings is 1. The Bertz CT molecular complexity index is 920. The van der Waals surface area contributed by atoms with E-state index in [9.17, 15) is 4.79 Å². The number of pyridine rings is 1. The molecule has 0 aliphatic heterocycles. The fourth-order valence-corrected chi connectivity index (χ4v) is 3.87. The molecule has 3 aromatic rings. The van der Waals surface area contributed by atoms with E-state index in [2.05, 4.69) is 24.1 Å². The molecule has 130 valence electrons. The van der Waals surface area contributed by atoms with Crippen molar-refractivity contribution in [3.05, 3.63) is 57.6 Å². The average molecular weight is 374 g/mol. The molecule has 0 radical (unpaired) electrons. The van der Waals surface area contributed by atoms with E-state index in [1.165, 1.54) is 11.3 Å². The first kappa shape index (κ1) is 17.7. The predicted octanol–water partition coefficient (Wildman–Crippen LogP) is 4.66. The number of benzene rings is 1. The Morgan fingerprint density at radius 2 is 2.04 bits per heavy atom. The van der Waals surface area contributed by atoms with Gasteiger partial charge in [0.2, 0.25) is 0 Å². The van der Waals surface area contributed by atoms with E-state index >= 15 is 0 Å². The van der Waals surface area contributed by atoms with Gasteiger partial charge in [0.15, 0.2) is 0 Å². The van der Waals surface area contributed by atoms with Crippen molar-refractivity contribution < 1.29 is 4.79 Å². The van der Waals surface area contributed by atoms with Gasteiger partial charge in [0.25, 0.3) is 5.91 Å². The zero-order chi connectivity index (χ0) is 18.0. The molecule has 4 nitrogen and oxygen atoms in total. The smallest absolute Gasteiger partial charge is 0.263 e. The first-order chi connectivity index (χ1) is 12.0. The van der Waals surface area contributed by atoms with E-state index in [1.807, 2.05) is 30.3 Å². The maximum absolute atomic E-state index is 12.5. The molecule has 0 aliphatic rings. The van der Waals surface area contributed by atoms with Gasteiger partial charge in [-0.3, -0.25) is 4.79 Å². The molecule has 2 heterocycles. The summed E-state index contributed by atoms with van der Waals surface area (Å²) < 4.78 is 0. The molecule has 0 atom stereocenters. The highest BCUT2D eigenvalue weighted by Crippen LogP contribution is 2.32. The van der Waals surface area contributed by atoms with Crippen molar-refractivity contribution in [3.63, 3.8) is 0 Å². The number of nitrogens with one attached hydrogen (secondary N) is 1. The Morgan fingerprint density at radius 3 is 2.76 bits per heavy atom. The molecule has 0 spiro atoms. The molecular formula is C19H20ClN3OS. The van der Waals surface area contributed by atoms with Gasteiger partial charge in [-0.1, -0.05) is 43.6 Å². The summed E-state index contributed by atoms with van der Waals surface area (Å²) in [5.41, 5.74) is 8.55. The number of carbonyl (C=O) groups excluding carboxylic acids is 1. The number of anilines is 1. The van der Waals surface area contributed by atoms with Gasteiger partial charge < -0.3 is 11.1 Å². The fourth-order valence-electron chi connectivity index (χ4n) is 2.63. The molecule has 1 aromatic carbocycles. The van der Waals surface area contributed by atoms with Crippen LogP contribution in [0.4, 0.5) is 5.69 Å². The van der Waals surface area contributed by atoms with Crippen LogP contribution < -0.4 is 11.1 Å². The van der Waals surface area contributed by atoms with Crippen molar-refractivity contribution >= 4 is 44.7 Å². The van der Waals surface area contributed by atoms with Gasteiger partial charge in [-0.15, -0.1) is 11.3 Å². The number of rotatable bonds is 5. The van der Waals surface area contributed by atoms with Crippen LogP contribution in [0.2, 0.25) is 5.02 Å². The summed E-state index contributed by atoms with van der Waals surface area (Å²) in [6.07, 6.45) is 0.905. The molecule has 3 N–H and O–H groups in total. The largest absolute Gasteiger partial charge is 0.397 e. The van der Waals surface area contributed by atoms with Crippen molar-refractivity contribution in [1.29, 1.82) is 0 Å². The molecule has 0 saturated carbocycles. The lowest BCUT2D eigenvalue weighted by Gasteiger charge is -2.06. The number of halogens is 1. The number of hydrogen-bond donors (Lipinski definition) is 2. The number of nitrogens with two attached hydrogens (primary N) is 1. The molecular weight excluding hydrogens is 354 g/mol. The van der Waals surface area contributed by atoms with Crippen molar-refractivity contribution in [1.82, 2.24) is 10.3 Å². The second-order valence-electron chi connectivity index (χ2n) is 6.37. The third-order valence-corrected chi connectivity index (χ3v) is 5.36. The highest BCUT2D eigenvalue weighted by Gasteiger charge is 2.17. The molecule has 2 aromatic heterocycles. The minimum Gasteiger partial charge on any atom is -0.397 e. The average Bonchev–Trinajstić information content (AvgIpc) is 2.90. The Labute approximate surface area is 156 Å². The standard InChI is InChI=1S/C19H20ClN3OS/c1-11(2)9-13-7-8-14-16(21)17(25-19(14)23-13)18(24)22-10-12-5-3-4-6-15(12)20/h3-8,11H,9-10,21H2,1-2H3,(H,22,24). The molecule has 1 amide bonds. The van der Waals surface area contributed by atoms with Crippen LogP contribution in [0.25, 0.3) is 10.2 Å². The van der Waals surface area contributed by atoms with Gasteiger partial charge in [-0.05, 0) is 36.1 Å². The maximum atomic E-state index is 12.5. The van der Waals surface area contributed by atoms with E-state index in [0.717, 1.165) is 27.9 Å². The van der Waals surface area contributed by atoms with Gasteiger partial charge in [0.1, 0.15) is 9.71 Å². The second-order valence-corrected chi connectivity index (χ2v) is 7.78. The SMILES string of the molecule is CC(C)Cc1ccc2c(N)c(C(=O)NCc3ccccc3Cl)sc2n1. The Morgan fingerprint density at radius 1 is 1.28 bits per heavy atom. The molecule has 0 aliphatic carbocycles. The molecule has 0 fully saturated rings. The van der Waals surface area contributed by atoms with Crippen LogP contribution in [0, 0.1) is 5.92 Å². The van der Waals surface area contributed by atoms with Crippen molar-refractivity contribution in [2.45, 2.75) is 26.8 Å². The third-order valence-electron chi connectivity index (χ3n) is 3.87. The third kappa shape index (κ3) is 3.94. The lowest BCUT2D eigenvalue weighted by Crippen LogP contribution is -2.22. The van der Waals surface area contributed by atoms with E-state index < -0.39 is 0 Å². The topological polar surface area (TPSA) is 68.0 Å². The highest BCUT2D eigenvalue weighted by atomic mass is 35.5. The van der Waals surface area contributed by atoms with Gasteiger partial charge >= 0.3 is 0 Å². The summed E-state index contributed by atoms with van der Waals surface area (Å²) in [4.78, 5) is 18.5. The second kappa shape index (κ2) is 7.42. The molecule has 6 heteroatoms. The van der Waals surface area contributed by atoms with Crippen LogP contribution in [0.15, 0.2) is 36.4 Å². The summed E-state index contributed by atoms with van der Waals surface area (Å²) in [7, 11) is 0. The van der Waals surface area contributed by atoms with Gasteiger partial charge in [-0.25, -0.2) is 4.98 Å². The lowest BCUT2D eigenvalue weighted by molar-refractivity contribution is 0.0956. The van der Waals surface area contributed by atoms with E-state index in [4.69, 9.17) is 17.3 Å². The van der Waals surface area contributed by atoms with Crippen LogP contribution in [-0.2, 0) is 13.0 Å². The number of carbonyl (C=O) groups is 1. The number of nitrogen functional groups attached to an aromatic ring is 1. The summed E-state index contributed by atoms with van der Waals surface area (Å²) >= 11 is 7.46. The van der Waals surface area contributed by atoms with Crippen LogP contribution >= 0.6 is 22.9 Å². The van der Waals surface area contributed by atoms with Gasteiger partial charge in [0.05, 0.1) is 5.69 Å². The minimum atomic E-state index is -0.203. The van der Waals surface area contributed by atoms with Crippen LogP contribution in [0.3, 0.4) is 0 Å². The zero-order valence-electron chi connectivity index (χ0n) is 14.2. The van der Waals surface area contributed by atoms with Crippen LogP contribution in [0.5, 0.6) is 0 Å². The fraction of sp³-hybridized carbons (Fsp3) is 0.263. The molecule has 0 saturated heterocycles. The maximum Gasteiger partial charge on any atom is 0.263 e. The lowest BCUT2D eigenvalue weighted by atomic mass is 10.1. The zero-order valence-corrected chi connectivity index (χ0v) is 15.7. The number of amides is 1. The molecule has 0 unspecified atom stereocenters. The molecule has 3 rings (SSSR count). The Balaban J connectivity index is 1.81.